The third-order valence-electron chi connectivity index (χ3n) is 3.82. The molecule has 1 aliphatic heterocycles. The molecule has 2 atom stereocenters. The molecule has 108 valence electrons. The number of amides is 2. The van der Waals surface area contributed by atoms with Gasteiger partial charge in [0.05, 0.1) is 12.0 Å². The highest BCUT2D eigenvalue weighted by Gasteiger charge is 2.39. The lowest BCUT2D eigenvalue weighted by Gasteiger charge is -2.40. The lowest BCUT2D eigenvalue weighted by Crippen LogP contribution is -2.47. The number of carbonyl (C=O) groups is 2. The van der Waals surface area contributed by atoms with E-state index in [-0.39, 0.29) is 23.8 Å². The third-order valence-corrected chi connectivity index (χ3v) is 4.06. The van der Waals surface area contributed by atoms with Crippen molar-refractivity contribution in [2.75, 3.05) is 13.6 Å². The first-order valence-electron chi connectivity index (χ1n) is 6.85. The molecule has 2 amide bonds. The molecule has 0 aromatic heterocycles. The van der Waals surface area contributed by atoms with Crippen LogP contribution in [0.4, 0.5) is 0 Å². The van der Waals surface area contributed by atoms with E-state index in [9.17, 15) is 9.59 Å². The monoisotopic (exact) mass is 294 g/mol. The molecule has 0 aliphatic carbocycles. The Morgan fingerprint density at radius 2 is 2.25 bits per heavy atom. The van der Waals surface area contributed by atoms with Crippen molar-refractivity contribution in [2.45, 2.75) is 25.8 Å². The summed E-state index contributed by atoms with van der Waals surface area (Å²) in [5, 5.41) is 3.32. The average Bonchev–Trinajstić information content (AvgIpc) is 2.46. The largest absolute Gasteiger partial charge is 0.359 e. The van der Waals surface area contributed by atoms with Gasteiger partial charge in [0.25, 0.3) is 0 Å². The van der Waals surface area contributed by atoms with Crippen molar-refractivity contribution >= 4 is 23.4 Å². The fraction of sp³-hybridized carbons (Fsp3) is 0.467. The molecule has 1 N–H and O–H groups in total. The summed E-state index contributed by atoms with van der Waals surface area (Å²) in [6, 6.07) is 7.17. The van der Waals surface area contributed by atoms with Crippen LogP contribution in [0.1, 0.15) is 31.4 Å². The van der Waals surface area contributed by atoms with Gasteiger partial charge >= 0.3 is 0 Å². The molecule has 1 aromatic rings. The van der Waals surface area contributed by atoms with E-state index >= 15 is 0 Å². The molecule has 4 nitrogen and oxygen atoms in total. The van der Waals surface area contributed by atoms with Gasteiger partial charge in [-0.3, -0.25) is 9.59 Å². The molecule has 20 heavy (non-hydrogen) atoms. The predicted octanol–water partition coefficient (Wildman–Crippen LogP) is 2.39. The Morgan fingerprint density at radius 3 is 2.85 bits per heavy atom. The van der Waals surface area contributed by atoms with Crippen LogP contribution >= 0.6 is 11.6 Å². The summed E-state index contributed by atoms with van der Waals surface area (Å²) in [5.41, 5.74) is 0.918. The van der Waals surface area contributed by atoms with Gasteiger partial charge in [0, 0.05) is 25.0 Å². The van der Waals surface area contributed by atoms with Crippen molar-refractivity contribution in [1.29, 1.82) is 0 Å². The normalized spacial score (nSPS) is 22.8. The molecule has 0 unspecified atom stereocenters. The lowest BCUT2D eigenvalue weighted by molar-refractivity contribution is -0.143. The quantitative estimate of drug-likeness (QED) is 0.930. The molecule has 1 aliphatic rings. The average molecular weight is 295 g/mol. The number of benzene rings is 1. The number of rotatable bonds is 3. The van der Waals surface area contributed by atoms with Crippen LogP contribution in [0.2, 0.25) is 5.02 Å². The number of nitrogens with zero attached hydrogens (tertiary/aromatic N) is 1. The van der Waals surface area contributed by atoms with Gasteiger partial charge in [-0.1, -0.05) is 23.7 Å². The number of hydrogen-bond acceptors (Lipinski definition) is 2. The van der Waals surface area contributed by atoms with Crippen LogP contribution in [0.3, 0.4) is 0 Å². The number of halogens is 1. The number of nitrogens with one attached hydrogen (secondary N) is 1. The molecule has 1 saturated heterocycles. The maximum absolute atomic E-state index is 12.1. The molecule has 1 aromatic carbocycles. The standard InChI is InChI=1S/C15H19ClN2O2/c1-3-18-13(19)8-7-12(15(20)17-2)14(18)10-5-4-6-11(16)9-10/h4-6,9,12,14H,3,7-8H2,1-2H3,(H,17,20)/t12-,14+/m1/s1. The molecular formula is C15H19ClN2O2. The molecule has 0 saturated carbocycles. The molecule has 0 radical (unpaired) electrons. The molecule has 1 fully saturated rings. The van der Waals surface area contributed by atoms with E-state index in [2.05, 4.69) is 5.32 Å². The van der Waals surface area contributed by atoms with E-state index in [1.807, 2.05) is 25.1 Å². The van der Waals surface area contributed by atoms with Crippen LogP contribution in [0.15, 0.2) is 24.3 Å². The summed E-state index contributed by atoms with van der Waals surface area (Å²) in [6.07, 6.45) is 0.995. The topological polar surface area (TPSA) is 49.4 Å². The Labute approximate surface area is 124 Å². The first-order chi connectivity index (χ1) is 9.58. The van der Waals surface area contributed by atoms with Gasteiger partial charge in [-0.25, -0.2) is 0 Å². The minimum atomic E-state index is -0.236. The maximum Gasteiger partial charge on any atom is 0.225 e. The van der Waals surface area contributed by atoms with Gasteiger partial charge in [0.15, 0.2) is 0 Å². The van der Waals surface area contributed by atoms with E-state index in [4.69, 9.17) is 11.6 Å². The van der Waals surface area contributed by atoms with Crippen molar-refractivity contribution in [3.63, 3.8) is 0 Å². The Morgan fingerprint density at radius 1 is 1.50 bits per heavy atom. The number of piperidine rings is 1. The molecular weight excluding hydrogens is 276 g/mol. The minimum absolute atomic E-state index is 0.0269. The van der Waals surface area contributed by atoms with Gasteiger partial charge in [-0.15, -0.1) is 0 Å². The smallest absolute Gasteiger partial charge is 0.225 e. The molecule has 5 heteroatoms. The van der Waals surface area contributed by atoms with Crippen LogP contribution in [0, 0.1) is 5.92 Å². The van der Waals surface area contributed by atoms with E-state index < -0.39 is 0 Å². The van der Waals surface area contributed by atoms with Crippen LogP contribution < -0.4 is 5.32 Å². The summed E-state index contributed by atoms with van der Waals surface area (Å²) < 4.78 is 0. The zero-order chi connectivity index (χ0) is 14.7. The fourth-order valence-corrected chi connectivity index (χ4v) is 3.09. The van der Waals surface area contributed by atoms with Crippen molar-refractivity contribution < 1.29 is 9.59 Å². The predicted molar refractivity (Wildman–Crippen MR) is 78.4 cm³/mol. The van der Waals surface area contributed by atoms with E-state index in [0.29, 0.717) is 24.4 Å². The van der Waals surface area contributed by atoms with Crippen LogP contribution in [-0.4, -0.2) is 30.3 Å². The van der Waals surface area contributed by atoms with Gasteiger partial charge in [0.1, 0.15) is 0 Å². The van der Waals surface area contributed by atoms with Crippen molar-refractivity contribution in [2.24, 2.45) is 5.92 Å². The number of likely N-dealkylation sites (tertiary alicyclic amines) is 1. The third kappa shape index (κ3) is 2.80. The van der Waals surface area contributed by atoms with Crippen LogP contribution in [-0.2, 0) is 9.59 Å². The maximum atomic E-state index is 12.1. The molecule has 0 spiro atoms. The summed E-state index contributed by atoms with van der Waals surface area (Å²) >= 11 is 6.05. The summed E-state index contributed by atoms with van der Waals surface area (Å²) in [5.74, 6) is -0.158. The summed E-state index contributed by atoms with van der Waals surface area (Å²) in [6.45, 7) is 2.52. The fourth-order valence-electron chi connectivity index (χ4n) is 2.89. The van der Waals surface area contributed by atoms with E-state index in [1.165, 1.54) is 0 Å². The SMILES string of the molecule is CCN1C(=O)CC[C@@H](C(=O)NC)[C@@H]1c1cccc(Cl)c1. The highest BCUT2D eigenvalue weighted by atomic mass is 35.5. The highest BCUT2D eigenvalue weighted by molar-refractivity contribution is 6.30. The molecule has 1 heterocycles. The number of hydrogen-bond donors (Lipinski definition) is 1. The second-order valence-electron chi connectivity index (χ2n) is 4.94. The van der Waals surface area contributed by atoms with Crippen molar-refractivity contribution in [3.8, 4) is 0 Å². The Kier molecular flexibility index (Phi) is 4.65. The van der Waals surface area contributed by atoms with Crippen LogP contribution in [0.5, 0.6) is 0 Å². The first-order valence-corrected chi connectivity index (χ1v) is 7.22. The molecule has 2 rings (SSSR count). The zero-order valence-corrected chi connectivity index (χ0v) is 12.5. The highest BCUT2D eigenvalue weighted by Crippen LogP contribution is 2.37. The number of carbonyl (C=O) groups excluding carboxylic acids is 2. The van der Waals surface area contributed by atoms with Gasteiger partial charge < -0.3 is 10.2 Å². The van der Waals surface area contributed by atoms with Gasteiger partial charge in [-0.2, -0.15) is 0 Å². The van der Waals surface area contributed by atoms with Gasteiger partial charge in [-0.05, 0) is 31.0 Å². The zero-order valence-electron chi connectivity index (χ0n) is 11.7. The first kappa shape index (κ1) is 14.9. The second-order valence-corrected chi connectivity index (χ2v) is 5.38. The van der Waals surface area contributed by atoms with E-state index in [1.54, 1.807) is 18.0 Å². The summed E-state index contributed by atoms with van der Waals surface area (Å²) in [4.78, 5) is 26.0. The minimum Gasteiger partial charge on any atom is -0.359 e. The Hall–Kier alpha value is -1.55. The Balaban J connectivity index is 2.43. The van der Waals surface area contributed by atoms with Gasteiger partial charge in [0.2, 0.25) is 11.8 Å². The second kappa shape index (κ2) is 6.27. The summed E-state index contributed by atoms with van der Waals surface area (Å²) in [7, 11) is 1.63. The van der Waals surface area contributed by atoms with Crippen LogP contribution in [0.25, 0.3) is 0 Å². The lowest BCUT2D eigenvalue weighted by atomic mass is 9.83. The van der Waals surface area contributed by atoms with E-state index in [0.717, 1.165) is 5.56 Å². The van der Waals surface area contributed by atoms with Crippen molar-refractivity contribution in [3.05, 3.63) is 34.9 Å². The van der Waals surface area contributed by atoms with Crippen molar-refractivity contribution in [1.82, 2.24) is 10.2 Å². The molecule has 0 bridgehead atoms. The Bertz CT molecular complexity index is 518.